The van der Waals surface area contributed by atoms with Gasteiger partial charge in [-0.25, -0.2) is 9.78 Å². The Labute approximate surface area is 242 Å². The number of carbonyl (C=O) groups is 2. The van der Waals surface area contributed by atoms with E-state index in [1.165, 1.54) is 11.8 Å². The summed E-state index contributed by atoms with van der Waals surface area (Å²) in [5, 5.41) is 22.3. The molecule has 1 amide bonds. The van der Waals surface area contributed by atoms with E-state index >= 15 is 0 Å². The maximum Gasteiger partial charge on any atom is 0.338 e. The fourth-order valence-electron chi connectivity index (χ4n) is 4.53. The van der Waals surface area contributed by atoms with Crippen LogP contribution < -0.4 is 5.32 Å². The maximum absolute atomic E-state index is 12.4. The molecule has 1 fully saturated rings. The number of amides is 1. The molecule has 0 bridgehead atoms. The Morgan fingerprint density at radius 3 is 2.29 bits per heavy atom. The first-order chi connectivity index (χ1) is 20.0. The van der Waals surface area contributed by atoms with Crippen molar-refractivity contribution in [2.45, 2.75) is 43.1 Å². The fraction of sp³-hybridized carbons (Fsp3) is 0.219. The van der Waals surface area contributed by atoms with Gasteiger partial charge in [0.1, 0.15) is 5.03 Å². The fourth-order valence-corrected chi connectivity index (χ4v) is 5.53. The lowest BCUT2D eigenvalue weighted by Crippen LogP contribution is -2.31. The van der Waals surface area contributed by atoms with Gasteiger partial charge in [-0.15, -0.1) is 11.8 Å². The van der Waals surface area contributed by atoms with Crippen molar-refractivity contribution in [3.8, 4) is 0 Å². The van der Waals surface area contributed by atoms with Gasteiger partial charge >= 0.3 is 5.97 Å². The zero-order valence-corrected chi connectivity index (χ0v) is 23.0. The number of ether oxygens (including phenoxy) is 2. The molecule has 0 saturated carbocycles. The number of carbonyl (C=O) groups excluding carboxylic acids is 1. The van der Waals surface area contributed by atoms with Gasteiger partial charge in [-0.1, -0.05) is 66.7 Å². The molecule has 210 valence electrons. The molecule has 41 heavy (non-hydrogen) atoms. The molecule has 0 unspecified atom stereocenters. The third-order valence-corrected chi connectivity index (χ3v) is 7.90. The quantitative estimate of drug-likeness (QED) is 0.213. The average Bonchev–Trinajstić information content (AvgIpc) is 3.03. The number of pyridine rings is 1. The molecule has 1 aliphatic heterocycles. The third kappa shape index (κ3) is 7.39. The van der Waals surface area contributed by atoms with E-state index in [1.54, 1.807) is 30.5 Å². The zero-order chi connectivity index (χ0) is 28.6. The van der Waals surface area contributed by atoms with Gasteiger partial charge in [0.2, 0.25) is 0 Å². The molecule has 4 aromatic rings. The van der Waals surface area contributed by atoms with Gasteiger partial charge < -0.3 is 25.0 Å². The smallest absolute Gasteiger partial charge is 0.338 e. The minimum absolute atomic E-state index is 0.0368. The lowest BCUT2D eigenvalue weighted by Gasteiger charge is -2.36. The van der Waals surface area contributed by atoms with Crippen molar-refractivity contribution in [3.63, 3.8) is 0 Å². The number of hydrogen-bond donors (Lipinski definition) is 3. The standard InChI is InChI=1S/C32H30N2O6S/c35-19-22-10-12-23(13-11-22)28-17-26(20-41-30-27(31(37)38)7-4-16-33-30)39-32(40-28)25-14-8-21(9-15-25)18-34-29(36)24-5-2-1-3-6-24/h1-16,26,28,32,35H,17-20H2,(H,34,36)(H,37,38)/t26-,28+,32+/m1/s1. The lowest BCUT2D eigenvalue weighted by atomic mass is 10.0. The normalized spacial score (nSPS) is 18.5. The van der Waals surface area contributed by atoms with Crippen LogP contribution in [0.15, 0.2) is 102 Å². The van der Waals surface area contributed by atoms with Gasteiger partial charge in [0.15, 0.2) is 6.29 Å². The van der Waals surface area contributed by atoms with Crippen molar-refractivity contribution in [1.29, 1.82) is 0 Å². The van der Waals surface area contributed by atoms with E-state index in [9.17, 15) is 19.8 Å². The molecule has 0 radical (unpaired) electrons. The average molecular weight is 571 g/mol. The van der Waals surface area contributed by atoms with Crippen molar-refractivity contribution in [2.75, 3.05) is 5.75 Å². The summed E-state index contributed by atoms with van der Waals surface area (Å²) in [4.78, 5) is 28.3. The van der Waals surface area contributed by atoms with Crippen molar-refractivity contribution < 1.29 is 29.3 Å². The second-order valence-electron chi connectivity index (χ2n) is 9.61. The van der Waals surface area contributed by atoms with E-state index in [4.69, 9.17) is 9.47 Å². The highest BCUT2D eigenvalue weighted by molar-refractivity contribution is 7.99. The number of aliphatic hydroxyl groups is 1. The molecule has 1 aromatic heterocycles. The first-order valence-electron chi connectivity index (χ1n) is 13.2. The number of carboxylic acid groups (broad SMARTS) is 1. The lowest BCUT2D eigenvalue weighted by molar-refractivity contribution is -0.245. The number of nitrogens with zero attached hydrogens (tertiary/aromatic N) is 1. The van der Waals surface area contributed by atoms with E-state index in [0.717, 1.165) is 22.3 Å². The Hall–Kier alpha value is -4.02. The molecule has 3 atom stereocenters. The second kappa shape index (κ2) is 13.6. The highest BCUT2D eigenvalue weighted by Crippen LogP contribution is 2.39. The summed E-state index contributed by atoms with van der Waals surface area (Å²) in [7, 11) is 0. The highest BCUT2D eigenvalue weighted by Gasteiger charge is 2.32. The van der Waals surface area contributed by atoms with Crippen LogP contribution in [0.3, 0.4) is 0 Å². The van der Waals surface area contributed by atoms with E-state index in [1.807, 2.05) is 66.7 Å². The molecule has 1 saturated heterocycles. The van der Waals surface area contributed by atoms with Crippen LogP contribution in [0, 0.1) is 0 Å². The number of rotatable bonds is 10. The van der Waals surface area contributed by atoms with Crippen LogP contribution >= 0.6 is 11.8 Å². The number of nitrogens with one attached hydrogen (secondary N) is 1. The largest absolute Gasteiger partial charge is 0.478 e. The predicted molar refractivity (Wildman–Crippen MR) is 154 cm³/mol. The minimum atomic E-state index is -1.02. The van der Waals surface area contributed by atoms with E-state index < -0.39 is 12.3 Å². The SMILES string of the molecule is O=C(NCc1ccc([C@H]2O[C@@H](CSc3ncccc3C(=O)O)C[C@@H](c3ccc(CO)cc3)O2)cc1)c1ccccc1. The van der Waals surface area contributed by atoms with Crippen LogP contribution in [-0.4, -0.2) is 38.9 Å². The van der Waals surface area contributed by atoms with Crippen LogP contribution in [-0.2, 0) is 22.6 Å². The number of hydrogen-bond acceptors (Lipinski definition) is 7. The number of aliphatic hydroxyl groups excluding tert-OH is 1. The molecule has 3 aromatic carbocycles. The molecule has 2 heterocycles. The van der Waals surface area contributed by atoms with Crippen LogP contribution in [0.2, 0.25) is 0 Å². The van der Waals surface area contributed by atoms with Gasteiger partial charge in [0, 0.05) is 36.0 Å². The van der Waals surface area contributed by atoms with Gasteiger partial charge in [-0.05, 0) is 41.0 Å². The molecular formula is C32H30N2O6S. The Morgan fingerprint density at radius 2 is 1.59 bits per heavy atom. The van der Waals surface area contributed by atoms with E-state index in [0.29, 0.717) is 29.3 Å². The van der Waals surface area contributed by atoms with Gasteiger partial charge in [-0.3, -0.25) is 4.79 Å². The molecule has 9 heteroatoms. The minimum Gasteiger partial charge on any atom is -0.478 e. The van der Waals surface area contributed by atoms with Gasteiger partial charge in [0.05, 0.1) is 24.4 Å². The highest BCUT2D eigenvalue weighted by atomic mass is 32.2. The molecule has 0 spiro atoms. The number of aromatic carboxylic acids is 1. The Balaban J connectivity index is 1.29. The zero-order valence-electron chi connectivity index (χ0n) is 22.2. The van der Waals surface area contributed by atoms with Crippen LogP contribution in [0.5, 0.6) is 0 Å². The first-order valence-corrected chi connectivity index (χ1v) is 14.2. The summed E-state index contributed by atoms with van der Waals surface area (Å²) >= 11 is 1.35. The number of thioether (sulfide) groups is 1. The summed E-state index contributed by atoms with van der Waals surface area (Å²) in [5.74, 6) is -0.664. The third-order valence-electron chi connectivity index (χ3n) is 6.76. The summed E-state index contributed by atoms with van der Waals surface area (Å²) in [6, 6.07) is 27.6. The second-order valence-corrected chi connectivity index (χ2v) is 10.6. The maximum atomic E-state index is 12.4. The Bertz CT molecular complexity index is 1460. The molecule has 3 N–H and O–H groups in total. The number of aromatic nitrogens is 1. The summed E-state index contributed by atoms with van der Waals surface area (Å²) in [5.41, 5.74) is 4.32. The first kappa shape index (κ1) is 28.5. The molecule has 0 aliphatic carbocycles. The predicted octanol–water partition coefficient (Wildman–Crippen LogP) is 5.54. The van der Waals surface area contributed by atoms with Crippen LogP contribution in [0.1, 0.15) is 61.8 Å². The van der Waals surface area contributed by atoms with E-state index in [-0.39, 0.29) is 30.3 Å². The van der Waals surface area contributed by atoms with Crippen molar-refractivity contribution in [3.05, 3.63) is 131 Å². The van der Waals surface area contributed by atoms with Crippen LogP contribution in [0.25, 0.3) is 0 Å². The summed E-state index contributed by atoms with van der Waals surface area (Å²) in [6.45, 7) is 0.348. The van der Waals surface area contributed by atoms with E-state index in [2.05, 4.69) is 10.3 Å². The number of benzene rings is 3. The molecule has 1 aliphatic rings. The molecular weight excluding hydrogens is 540 g/mol. The Kier molecular flexibility index (Phi) is 9.43. The Morgan fingerprint density at radius 1 is 0.878 bits per heavy atom. The summed E-state index contributed by atoms with van der Waals surface area (Å²) < 4.78 is 12.8. The topological polar surface area (TPSA) is 118 Å². The van der Waals surface area contributed by atoms with Gasteiger partial charge in [0.25, 0.3) is 5.91 Å². The molecule has 8 nitrogen and oxygen atoms in total. The van der Waals surface area contributed by atoms with Gasteiger partial charge in [-0.2, -0.15) is 0 Å². The van der Waals surface area contributed by atoms with Crippen LogP contribution in [0.4, 0.5) is 0 Å². The monoisotopic (exact) mass is 570 g/mol. The van der Waals surface area contributed by atoms with Crippen molar-refractivity contribution in [1.82, 2.24) is 10.3 Å². The van der Waals surface area contributed by atoms with Crippen molar-refractivity contribution >= 4 is 23.6 Å². The number of carboxylic acids is 1. The molecule has 5 rings (SSSR count). The summed E-state index contributed by atoms with van der Waals surface area (Å²) in [6.07, 6.45) is 1.00. The van der Waals surface area contributed by atoms with Crippen molar-refractivity contribution in [2.24, 2.45) is 0 Å².